The maximum Gasteiger partial charge on any atom is 0.0555 e. The molecule has 0 aromatic heterocycles. The second-order valence-corrected chi connectivity index (χ2v) is 5.77. The Balaban J connectivity index is 1.72. The highest BCUT2D eigenvalue weighted by Gasteiger charge is 2.33. The van der Waals surface area contributed by atoms with Crippen LogP contribution < -0.4 is 5.73 Å². The molecule has 0 amide bonds. The molecule has 0 heterocycles. The molecule has 1 aromatic rings. The van der Waals surface area contributed by atoms with E-state index in [2.05, 4.69) is 41.0 Å². The molecule has 19 heavy (non-hydrogen) atoms. The number of nitrogens with two attached hydrogens (primary N) is 1. The molecule has 100 valence electrons. The van der Waals surface area contributed by atoms with Crippen molar-refractivity contribution in [3.05, 3.63) is 35.4 Å². The van der Waals surface area contributed by atoms with Crippen LogP contribution in [0.3, 0.4) is 0 Å². The first-order chi connectivity index (χ1) is 9.36. The predicted octanol–water partition coefficient (Wildman–Crippen LogP) is 2.37. The molecule has 3 rings (SSSR count). The quantitative estimate of drug-likeness (QED) is 0.817. The van der Waals surface area contributed by atoms with Crippen LogP contribution in [-0.4, -0.2) is 24.0 Å². The fourth-order valence-electron chi connectivity index (χ4n) is 2.56. The van der Waals surface area contributed by atoms with Crippen molar-refractivity contribution in [3.8, 4) is 11.8 Å². The zero-order valence-corrected chi connectivity index (χ0v) is 11.4. The van der Waals surface area contributed by atoms with Crippen molar-refractivity contribution >= 4 is 0 Å². The molecule has 2 aliphatic carbocycles. The summed E-state index contributed by atoms with van der Waals surface area (Å²) in [5, 5.41) is 0. The summed E-state index contributed by atoms with van der Waals surface area (Å²) in [5.41, 5.74) is 7.98. The Hall–Kier alpha value is -1.30. The predicted molar refractivity (Wildman–Crippen MR) is 78.5 cm³/mol. The first kappa shape index (κ1) is 12.7. The van der Waals surface area contributed by atoms with Gasteiger partial charge in [0.05, 0.1) is 6.54 Å². The first-order valence-corrected chi connectivity index (χ1v) is 7.37. The molecular formula is C17H22N2. The lowest BCUT2D eigenvalue weighted by molar-refractivity contribution is 0.244. The van der Waals surface area contributed by atoms with Gasteiger partial charge in [-0.1, -0.05) is 30.0 Å². The Morgan fingerprint density at radius 3 is 2.63 bits per heavy atom. The molecule has 0 saturated heterocycles. The van der Waals surface area contributed by atoms with E-state index in [-0.39, 0.29) is 0 Å². The van der Waals surface area contributed by atoms with Crippen LogP contribution in [0.25, 0.3) is 0 Å². The molecule has 0 unspecified atom stereocenters. The van der Waals surface area contributed by atoms with Crippen LogP contribution >= 0.6 is 0 Å². The van der Waals surface area contributed by atoms with Gasteiger partial charge in [-0.05, 0) is 43.2 Å². The first-order valence-electron chi connectivity index (χ1n) is 7.37. The van der Waals surface area contributed by atoms with Gasteiger partial charge in [-0.3, -0.25) is 4.90 Å². The number of hydrogen-bond donors (Lipinski definition) is 1. The summed E-state index contributed by atoms with van der Waals surface area (Å²) in [4.78, 5) is 2.67. The Bertz CT molecular complexity index is 489. The Labute approximate surface area is 116 Å². The minimum Gasteiger partial charge on any atom is -0.320 e. The van der Waals surface area contributed by atoms with Gasteiger partial charge in [0, 0.05) is 24.7 Å². The zero-order chi connectivity index (χ0) is 13.1. The summed E-state index contributed by atoms with van der Waals surface area (Å²) < 4.78 is 0. The number of benzene rings is 1. The normalized spacial score (nSPS) is 18.2. The van der Waals surface area contributed by atoms with Gasteiger partial charge in [-0.2, -0.15) is 0 Å². The van der Waals surface area contributed by atoms with Gasteiger partial charge in [-0.25, -0.2) is 0 Å². The van der Waals surface area contributed by atoms with Gasteiger partial charge in [0.1, 0.15) is 0 Å². The van der Waals surface area contributed by atoms with E-state index < -0.39 is 0 Å². The minimum absolute atomic E-state index is 0.433. The Morgan fingerprint density at radius 2 is 1.95 bits per heavy atom. The van der Waals surface area contributed by atoms with Gasteiger partial charge in [0.25, 0.3) is 0 Å². The monoisotopic (exact) mass is 254 g/mol. The topological polar surface area (TPSA) is 29.3 Å². The lowest BCUT2D eigenvalue weighted by Crippen LogP contribution is -2.28. The third kappa shape index (κ3) is 3.59. The molecule has 1 aromatic carbocycles. The fourth-order valence-corrected chi connectivity index (χ4v) is 2.56. The second kappa shape index (κ2) is 5.77. The lowest BCUT2D eigenvalue weighted by Gasteiger charge is -2.22. The van der Waals surface area contributed by atoms with Crippen molar-refractivity contribution in [1.82, 2.24) is 4.90 Å². The third-order valence-corrected chi connectivity index (χ3v) is 3.97. The molecule has 0 atom stereocenters. The summed E-state index contributed by atoms with van der Waals surface area (Å²) in [6.45, 7) is 2.77. The standard InChI is InChI=1S/C17H22N2/c18-11-3-6-15-4-1-2-5-16(15)13-19(17-9-10-17)12-14-7-8-14/h1-2,4-5,14,17H,7-13,18H2. The van der Waals surface area contributed by atoms with Crippen molar-refractivity contribution in [2.24, 2.45) is 11.7 Å². The summed E-state index contributed by atoms with van der Waals surface area (Å²) in [5.74, 6) is 7.14. The van der Waals surface area contributed by atoms with E-state index in [1.165, 1.54) is 37.8 Å². The Morgan fingerprint density at radius 1 is 1.16 bits per heavy atom. The highest BCUT2D eigenvalue weighted by atomic mass is 15.2. The molecular weight excluding hydrogens is 232 g/mol. The summed E-state index contributed by atoms with van der Waals surface area (Å²) in [6.07, 6.45) is 5.61. The van der Waals surface area contributed by atoms with E-state index >= 15 is 0 Å². The van der Waals surface area contributed by atoms with Gasteiger partial charge < -0.3 is 5.73 Å². The van der Waals surface area contributed by atoms with E-state index in [4.69, 9.17) is 5.73 Å². The van der Waals surface area contributed by atoms with Crippen LogP contribution in [0.4, 0.5) is 0 Å². The lowest BCUT2D eigenvalue weighted by atomic mass is 10.1. The molecule has 2 saturated carbocycles. The van der Waals surface area contributed by atoms with E-state index in [0.29, 0.717) is 6.54 Å². The van der Waals surface area contributed by atoms with Crippen LogP contribution in [0.5, 0.6) is 0 Å². The molecule has 2 fully saturated rings. The van der Waals surface area contributed by atoms with Crippen LogP contribution in [0.2, 0.25) is 0 Å². The number of rotatable bonds is 5. The molecule has 2 nitrogen and oxygen atoms in total. The van der Waals surface area contributed by atoms with E-state index in [0.717, 1.165) is 24.1 Å². The molecule has 0 aliphatic heterocycles. The van der Waals surface area contributed by atoms with E-state index in [1.807, 2.05) is 0 Å². The Kier molecular flexibility index (Phi) is 3.87. The van der Waals surface area contributed by atoms with Gasteiger partial charge in [0.15, 0.2) is 0 Å². The van der Waals surface area contributed by atoms with Crippen molar-refractivity contribution < 1.29 is 0 Å². The molecule has 2 N–H and O–H groups in total. The third-order valence-electron chi connectivity index (χ3n) is 3.97. The van der Waals surface area contributed by atoms with Crippen LogP contribution in [-0.2, 0) is 6.54 Å². The molecule has 2 heteroatoms. The van der Waals surface area contributed by atoms with Crippen LogP contribution in [0, 0.1) is 17.8 Å². The van der Waals surface area contributed by atoms with Crippen LogP contribution in [0.1, 0.15) is 36.8 Å². The van der Waals surface area contributed by atoms with Crippen molar-refractivity contribution in [2.75, 3.05) is 13.1 Å². The van der Waals surface area contributed by atoms with Crippen molar-refractivity contribution in [1.29, 1.82) is 0 Å². The van der Waals surface area contributed by atoms with Crippen molar-refractivity contribution in [2.45, 2.75) is 38.3 Å². The smallest absolute Gasteiger partial charge is 0.0555 e. The summed E-state index contributed by atoms with van der Waals surface area (Å²) in [7, 11) is 0. The highest BCUT2D eigenvalue weighted by Crippen LogP contribution is 2.35. The number of nitrogens with zero attached hydrogens (tertiary/aromatic N) is 1. The van der Waals surface area contributed by atoms with Gasteiger partial charge in [-0.15, -0.1) is 0 Å². The van der Waals surface area contributed by atoms with E-state index in [9.17, 15) is 0 Å². The average Bonchev–Trinajstić information content (AvgIpc) is 3.28. The molecule has 0 bridgehead atoms. The fraction of sp³-hybridized carbons (Fsp3) is 0.529. The average molecular weight is 254 g/mol. The maximum absolute atomic E-state index is 5.48. The van der Waals surface area contributed by atoms with Gasteiger partial charge in [0.2, 0.25) is 0 Å². The number of hydrogen-bond acceptors (Lipinski definition) is 2. The summed E-state index contributed by atoms with van der Waals surface area (Å²) >= 11 is 0. The van der Waals surface area contributed by atoms with Gasteiger partial charge >= 0.3 is 0 Å². The second-order valence-electron chi connectivity index (χ2n) is 5.77. The molecule has 2 aliphatic rings. The molecule has 0 spiro atoms. The van der Waals surface area contributed by atoms with E-state index in [1.54, 1.807) is 0 Å². The van der Waals surface area contributed by atoms with Crippen molar-refractivity contribution in [3.63, 3.8) is 0 Å². The summed E-state index contributed by atoms with van der Waals surface area (Å²) in [6, 6.07) is 9.33. The highest BCUT2D eigenvalue weighted by molar-refractivity contribution is 5.41. The van der Waals surface area contributed by atoms with Crippen LogP contribution in [0.15, 0.2) is 24.3 Å². The molecule has 0 radical (unpaired) electrons. The largest absolute Gasteiger partial charge is 0.320 e. The SMILES string of the molecule is NCC#Cc1ccccc1CN(CC1CC1)C1CC1. The zero-order valence-electron chi connectivity index (χ0n) is 11.4. The maximum atomic E-state index is 5.48. The minimum atomic E-state index is 0.433.